The van der Waals surface area contributed by atoms with Crippen LogP contribution < -0.4 is 9.64 Å². The predicted molar refractivity (Wildman–Crippen MR) is 168 cm³/mol. The fourth-order valence-corrected chi connectivity index (χ4v) is 11.3. The Bertz CT molecular complexity index is 1370. The van der Waals surface area contributed by atoms with Gasteiger partial charge in [0.05, 0.1) is 19.3 Å². The minimum Gasteiger partial charge on any atom is -0.496 e. The second-order valence-corrected chi connectivity index (χ2v) is 17.2. The Morgan fingerprint density at radius 3 is 2.15 bits per heavy atom. The van der Waals surface area contributed by atoms with Gasteiger partial charge in [-0.2, -0.15) is 0 Å². The molecule has 1 amide bonds. The minimum atomic E-state index is -1.97. The molecule has 0 spiro atoms. The summed E-state index contributed by atoms with van der Waals surface area (Å²) in [6, 6.07) is 16.2. The third kappa shape index (κ3) is 6.77. The molecule has 0 atom stereocenters. The van der Waals surface area contributed by atoms with Gasteiger partial charge in [0.1, 0.15) is 13.8 Å². The first-order chi connectivity index (χ1) is 18.9. The molecule has 0 aliphatic rings. The summed E-state index contributed by atoms with van der Waals surface area (Å²) in [6.45, 7) is 17.8. The van der Waals surface area contributed by atoms with Crippen LogP contribution >= 0.6 is 0 Å². The van der Waals surface area contributed by atoms with Gasteiger partial charge in [0.25, 0.3) is 0 Å². The smallest absolute Gasteiger partial charge is 0.412 e. The lowest BCUT2D eigenvalue weighted by Gasteiger charge is -2.38. The number of hydrogen-bond acceptors (Lipinski definition) is 3. The fourth-order valence-electron chi connectivity index (χ4n) is 6.10. The number of carbonyl (C=O) groups is 1. The van der Waals surface area contributed by atoms with E-state index >= 15 is 0 Å². The van der Waals surface area contributed by atoms with Crippen LogP contribution in [0.25, 0.3) is 0 Å². The molecule has 5 nitrogen and oxygen atoms in total. The van der Waals surface area contributed by atoms with Crippen LogP contribution in [0.3, 0.4) is 0 Å². The summed E-state index contributed by atoms with van der Waals surface area (Å²) in [4.78, 5) is 18.6. The van der Waals surface area contributed by atoms with Crippen LogP contribution in [0.4, 0.5) is 10.5 Å². The lowest BCUT2D eigenvalue weighted by molar-refractivity contribution is 0.201. The van der Waals surface area contributed by atoms with Gasteiger partial charge in [-0.15, -0.1) is 5.54 Å². The number of amides is 1. The number of ether oxygens (including phenoxy) is 1. The minimum absolute atomic E-state index is 0.113. The molecule has 212 valence electrons. The zero-order valence-corrected chi connectivity index (χ0v) is 26.5. The second-order valence-electron chi connectivity index (χ2n) is 11.6. The van der Waals surface area contributed by atoms with E-state index in [0.717, 1.165) is 33.6 Å². The highest BCUT2D eigenvalue weighted by molar-refractivity contribution is 6.90. The molecule has 0 saturated carbocycles. The van der Waals surface area contributed by atoms with Gasteiger partial charge in [0.2, 0.25) is 0 Å². The Kier molecular flexibility index (Phi) is 10.2. The maximum atomic E-state index is 12.6. The summed E-state index contributed by atoms with van der Waals surface area (Å²) in [5.74, 6) is 4.28. The van der Waals surface area contributed by atoms with Gasteiger partial charge in [-0.25, -0.2) is 4.79 Å². The number of aryl methyl sites for hydroxylation is 1. The quantitative estimate of drug-likeness (QED) is 0.212. The highest BCUT2D eigenvalue weighted by Gasteiger charge is 2.41. The number of methoxy groups -OCH3 is 1. The molecule has 1 heterocycles. The lowest BCUT2D eigenvalue weighted by Crippen LogP contribution is -2.43. The molecule has 0 saturated heterocycles. The molecule has 0 aliphatic heterocycles. The summed E-state index contributed by atoms with van der Waals surface area (Å²) in [7, 11) is -0.342. The van der Waals surface area contributed by atoms with E-state index < -0.39 is 14.2 Å². The summed E-state index contributed by atoms with van der Waals surface area (Å²) in [5, 5.41) is 10.3. The van der Waals surface area contributed by atoms with E-state index in [9.17, 15) is 9.90 Å². The molecule has 6 heteroatoms. The average molecular weight is 557 g/mol. The van der Waals surface area contributed by atoms with E-state index in [1.54, 1.807) is 13.3 Å². The standard InChI is InChI=1S/C34H44N2O3Si/c1-23(2)40(24(3)4,25(5)6)16-15-29-18-30(17-28-13-11-10-12-14-28)20-31(19-29)36(34(37)38)22-32-27(8)33(39-9)26(7)21-35-32/h10-14,18-21,23-25H,17,22H2,1-9H3,(H,37,38). The van der Waals surface area contributed by atoms with Crippen LogP contribution in [-0.4, -0.2) is 31.4 Å². The largest absolute Gasteiger partial charge is 0.496 e. The number of anilines is 1. The summed E-state index contributed by atoms with van der Waals surface area (Å²) in [5.41, 5.74) is 11.4. The first-order valence-corrected chi connectivity index (χ1v) is 16.3. The maximum Gasteiger partial charge on any atom is 0.412 e. The highest BCUT2D eigenvalue weighted by atomic mass is 28.3. The molecule has 0 unspecified atom stereocenters. The molecule has 0 bridgehead atoms. The van der Waals surface area contributed by atoms with E-state index in [4.69, 9.17) is 4.74 Å². The van der Waals surface area contributed by atoms with Crippen molar-refractivity contribution in [2.24, 2.45) is 0 Å². The monoisotopic (exact) mass is 556 g/mol. The van der Waals surface area contributed by atoms with Crippen LogP contribution in [0.1, 0.15) is 75.1 Å². The van der Waals surface area contributed by atoms with Crippen molar-refractivity contribution in [3.05, 3.63) is 88.2 Å². The van der Waals surface area contributed by atoms with E-state index in [0.29, 0.717) is 34.4 Å². The van der Waals surface area contributed by atoms with Crippen molar-refractivity contribution in [3.8, 4) is 17.2 Å². The second kappa shape index (κ2) is 13.2. The Morgan fingerprint density at radius 2 is 1.60 bits per heavy atom. The lowest BCUT2D eigenvalue weighted by atomic mass is 10.0. The first kappa shape index (κ1) is 31.0. The molecule has 3 aromatic rings. The molecule has 0 radical (unpaired) electrons. The number of carboxylic acid groups (broad SMARTS) is 1. The summed E-state index contributed by atoms with van der Waals surface area (Å²) in [6.07, 6.45) is 1.39. The summed E-state index contributed by atoms with van der Waals surface area (Å²) < 4.78 is 5.57. The van der Waals surface area contributed by atoms with E-state index in [-0.39, 0.29) is 6.54 Å². The number of benzene rings is 2. The van der Waals surface area contributed by atoms with Crippen molar-refractivity contribution in [2.45, 2.75) is 85.0 Å². The van der Waals surface area contributed by atoms with Crippen LogP contribution in [0.5, 0.6) is 5.75 Å². The van der Waals surface area contributed by atoms with Crippen LogP contribution in [0.15, 0.2) is 54.7 Å². The van der Waals surface area contributed by atoms with E-state index in [2.05, 4.69) is 76.2 Å². The van der Waals surface area contributed by atoms with E-state index in [1.807, 2.05) is 44.2 Å². The third-order valence-corrected chi connectivity index (χ3v) is 14.4. The first-order valence-electron chi connectivity index (χ1n) is 14.1. The molecular weight excluding hydrogens is 512 g/mol. The Hall–Kier alpha value is -3.56. The molecule has 1 aromatic heterocycles. The van der Waals surface area contributed by atoms with Crippen molar-refractivity contribution in [1.29, 1.82) is 0 Å². The zero-order chi connectivity index (χ0) is 29.6. The van der Waals surface area contributed by atoms with Crippen LogP contribution in [0.2, 0.25) is 16.6 Å². The van der Waals surface area contributed by atoms with Crippen LogP contribution in [-0.2, 0) is 13.0 Å². The van der Waals surface area contributed by atoms with Crippen molar-refractivity contribution in [1.82, 2.24) is 4.98 Å². The van der Waals surface area contributed by atoms with Gasteiger partial charge < -0.3 is 9.84 Å². The average Bonchev–Trinajstić information content (AvgIpc) is 2.88. The maximum absolute atomic E-state index is 12.6. The number of aromatic nitrogens is 1. The topological polar surface area (TPSA) is 62.7 Å². The number of pyridine rings is 1. The SMILES string of the molecule is COc1c(C)cnc(CN(C(=O)O)c2cc(C#C[Si](C(C)C)(C(C)C)C(C)C)cc(Cc3ccccc3)c2)c1C. The molecule has 3 rings (SSSR count). The van der Waals surface area contributed by atoms with Gasteiger partial charge in [-0.05, 0) is 66.2 Å². The van der Waals surface area contributed by atoms with Crippen molar-refractivity contribution < 1.29 is 14.6 Å². The van der Waals surface area contributed by atoms with Gasteiger partial charge >= 0.3 is 6.09 Å². The Morgan fingerprint density at radius 1 is 0.975 bits per heavy atom. The summed E-state index contributed by atoms with van der Waals surface area (Å²) >= 11 is 0. The van der Waals surface area contributed by atoms with Gasteiger partial charge in [0, 0.05) is 28.6 Å². The fraction of sp³-hybridized carbons (Fsp3) is 0.412. The zero-order valence-electron chi connectivity index (χ0n) is 25.5. The molecular formula is C34H44N2O3Si. The third-order valence-electron chi connectivity index (χ3n) is 8.12. The number of hydrogen-bond donors (Lipinski definition) is 1. The Balaban J connectivity index is 2.16. The number of nitrogens with zero attached hydrogens (tertiary/aromatic N) is 2. The molecule has 0 fully saturated rings. The van der Waals surface area contributed by atoms with Gasteiger partial charge in [0.15, 0.2) is 0 Å². The molecule has 2 aromatic carbocycles. The number of rotatable bonds is 9. The van der Waals surface area contributed by atoms with Crippen LogP contribution in [0, 0.1) is 25.3 Å². The molecule has 40 heavy (non-hydrogen) atoms. The van der Waals surface area contributed by atoms with E-state index in [1.165, 1.54) is 4.90 Å². The highest BCUT2D eigenvalue weighted by Crippen LogP contribution is 2.41. The predicted octanol–water partition coefficient (Wildman–Crippen LogP) is 8.55. The van der Waals surface area contributed by atoms with Crippen molar-refractivity contribution >= 4 is 19.9 Å². The van der Waals surface area contributed by atoms with Gasteiger partial charge in [-0.3, -0.25) is 9.88 Å². The normalized spacial score (nSPS) is 11.5. The van der Waals surface area contributed by atoms with Crippen molar-refractivity contribution in [3.63, 3.8) is 0 Å². The molecule has 0 aliphatic carbocycles. The van der Waals surface area contributed by atoms with Gasteiger partial charge in [-0.1, -0.05) is 77.8 Å². The Labute approximate surface area is 241 Å². The molecule has 1 N–H and O–H groups in total. The van der Waals surface area contributed by atoms with Crippen molar-refractivity contribution in [2.75, 3.05) is 12.0 Å².